The third kappa shape index (κ3) is 3.40. The first-order chi connectivity index (χ1) is 11.1. The average molecular weight is 330 g/mol. The van der Waals surface area contributed by atoms with Crippen molar-refractivity contribution in [3.63, 3.8) is 0 Å². The first kappa shape index (κ1) is 15.2. The van der Waals surface area contributed by atoms with Gasteiger partial charge in [-0.1, -0.05) is 41.9 Å². The molecule has 4 nitrogen and oxygen atoms in total. The van der Waals surface area contributed by atoms with Crippen LogP contribution in [0.4, 0.5) is 10.1 Å². The number of nitrogens with zero attached hydrogens (tertiary/aromatic N) is 2. The smallest absolute Gasteiger partial charge is 0.292 e. The fourth-order valence-corrected chi connectivity index (χ4v) is 2.30. The topological polar surface area (TPSA) is 46.9 Å². The lowest BCUT2D eigenvalue weighted by Crippen LogP contribution is -2.22. The Morgan fingerprint density at radius 3 is 2.48 bits per heavy atom. The number of anilines is 1. The van der Waals surface area contributed by atoms with Gasteiger partial charge >= 0.3 is 0 Å². The zero-order valence-electron chi connectivity index (χ0n) is 12.0. The third-order valence-electron chi connectivity index (χ3n) is 3.32. The molecular formula is C17H13ClFN3O. The molecular weight excluding hydrogens is 317 g/mol. The van der Waals surface area contributed by atoms with Gasteiger partial charge in [-0.3, -0.25) is 4.79 Å². The van der Waals surface area contributed by atoms with Crippen molar-refractivity contribution >= 4 is 17.3 Å². The second-order valence-electron chi connectivity index (χ2n) is 4.90. The summed E-state index contributed by atoms with van der Waals surface area (Å²) >= 11 is 6.14. The Kier molecular flexibility index (Phi) is 4.39. The molecule has 0 aliphatic carbocycles. The van der Waals surface area contributed by atoms with Gasteiger partial charge in [-0.05, 0) is 29.8 Å². The van der Waals surface area contributed by atoms with Crippen LogP contribution < -0.4 is 10.9 Å². The first-order valence-electron chi connectivity index (χ1n) is 6.97. The van der Waals surface area contributed by atoms with Crippen LogP contribution in [-0.4, -0.2) is 9.78 Å². The third-order valence-corrected chi connectivity index (χ3v) is 3.68. The summed E-state index contributed by atoms with van der Waals surface area (Å²) in [5, 5.41) is 7.23. The predicted molar refractivity (Wildman–Crippen MR) is 88.6 cm³/mol. The van der Waals surface area contributed by atoms with E-state index in [-0.39, 0.29) is 10.8 Å². The van der Waals surface area contributed by atoms with Crippen molar-refractivity contribution in [2.24, 2.45) is 0 Å². The SMILES string of the molecule is O=c1c(Cl)c(NCc2ccc(F)cc2)cnn1-c1ccccc1. The number of halogens is 2. The molecule has 1 heterocycles. The number of nitrogens with one attached hydrogen (secondary N) is 1. The zero-order valence-corrected chi connectivity index (χ0v) is 12.8. The molecule has 3 rings (SSSR count). The molecule has 0 radical (unpaired) electrons. The fourth-order valence-electron chi connectivity index (χ4n) is 2.11. The number of hydrogen-bond donors (Lipinski definition) is 1. The van der Waals surface area contributed by atoms with Crippen LogP contribution >= 0.6 is 11.6 Å². The second kappa shape index (κ2) is 6.62. The van der Waals surface area contributed by atoms with Crippen LogP contribution in [0.2, 0.25) is 5.02 Å². The number of rotatable bonds is 4. The van der Waals surface area contributed by atoms with Gasteiger partial charge in [0.1, 0.15) is 10.8 Å². The Balaban J connectivity index is 1.83. The van der Waals surface area contributed by atoms with Crippen LogP contribution in [0.1, 0.15) is 5.56 Å². The highest BCUT2D eigenvalue weighted by molar-refractivity contribution is 6.32. The summed E-state index contributed by atoms with van der Waals surface area (Å²) in [4.78, 5) is 12.3. The minimum atomic E-state index is -0.401. The molecule has 0 spiro atoms. The van der Waals surface area contributed by atoms with Crippen LogP contribution in [0.3, 0.4) is 0 Å². The van der Waals surface area contributed by atoms with Gasteiger partial charge in [-0.25, -0.2) is 4.39 Å². The fraction of sp³-hybridized carbons (Fsp3) is 0.0588. The van der Waals surface area contributed by atoms with Gasteiger partial charge in [0.15, 0.2) is 0 Å². The van der Waals surface area contributed by atoms with E-state index in [1.54, 1.807) is 24.3 Å². The van der Waals surface area contributed by atoms with E-state index in [1.807, 2.05) is 18.2 Å². The maximum atomic E-state index is 12.9. The quantitative estimate of drug-likeness (QED) is 0.795. The van der Waals surface area contributed by atoms with E-state index < -0.39 is 5.56 Å². The summed E-state index contributed by atoms with van der Waals surface area (Å²) < 4.78 is 14.1. The van der Waals surface area contributed by atoms with Crippen molar-refractivity contribution in [1.29, 1.82) is 0 Å². The Hall–Kier alpha value is -2.66. The van der Waals surface area contributed by atoms with Gasteiger partial charge in [0.2, 0.25) is 0 Å². The van der Waals surface area contributed by atoms with Gasteiger partial charge in [-0.2, -0.15) is 9.78 Å². The Labute approximate surface area is 137 Å². The highest BCUT2D eigenvalue weighted by atomic mass is 35.5. The second-order valence-corrected chi connectivity index (χ2v) is 5.28. The molecule has 23 heavy (non-hydrogen) atoms. The number of benzene rings is 2. The molecule has 0 saturated heterocycles. The lowest BCUT2D eigenvalue weighted by Gasteiger charge is -2.10. The van der Waals surface area contributed by atoms with Gasteiger partial charge in [0.05, 0.1) is 17.6 Å². The van der Waals surface area contributed by atoms with Crippen LogP contribution in [-0.2, 0) is 6.54 Å². The molecule has 0 saturated carbocycles. The van der Waals surface area contributed by atoms with Crippen LogP contribution in [0.15, 0.2) is 65.6 Å². The molecule has 6 heteroatoms. The molecule has 0 fully saturated rings. The van der Waals surface area contributed by atoms with Crippen molar-refractivity contribution in [2.75, 3.05) is 5.32 Å². The summed E-state index contributed by atoms with van der Waals surface area (Å²) in [5.74, 6) is -0.293. The molecule has 116 valence electrons. The molecule has 0 bridgehead atoms. The zero-order chi connectivity index (χ0) is 16.2. The van der Waals surface area contributed by atoms with E-state index in [9.17, 15) is 9.18 Å². The van der Waals surface area contributed by atoms with E-state index in [1.165, 1.54) is 23.0 Å². The highest BCUT2D eigenvalue weighted by Gasteiger charge is 2.10. The maximum absolute atomic E-state index is 12.9. The standard InChI is InChI=1S/C17H13ClFN3O/c18-16-15(20-10-12-6-8-13(19)9-7-12)11-21-22(17(16)23)14-4-2-1-3-5-14/h1-9,11,20H,10H2. The minimum Gasteiger partial charge on any atom is -0.378 e. The van der Waals surface area contributed by atoms with E-state index >= 15 is 0 Å². The van der Waals surface area contributed by atoms with E-state index in [2.05, 4.69) is 10.4 Å². The van der Waals surface area contributed by atoms with Crippen molar-refractivity contribution < 1.29 is 4.39 Å². The molecule has 0 amide bonds. The number of para-hydroxylation sites is 1. The van der Waals surface area contributed by atoms with Gasteiger partial charge in [-0.15, -0.1) is 0 Å². The van der Waals surface area contributed by atoms with Crippen molar-refractivity contribution in [3.05, 3.63) is 87.6 Å². The van der Waals surface area contributed by atoms with E-state index in [0.717, 1.165) is 5.56 Å². The summed E-state index contributed by atoms with van der Waals surface area (Å²) in [5.41, 5.74) is 1.55. The van der Waals surface area contributed by atoms with Crippen LogP contribution in [0.5, 0.6) is 0 Å². The van der Waals surface area contributed by atoms with Crippen molar-refractivity contribution in [3.8, 4) is 5.69 Å². The summed E-state index contributed by atoms with van der Waals surface area (Å²) in [6, 6.07) is 15.1. The summed E-state index contributed by atoms with van der Waals surface area (Å²) in [7, 11) is 0. The molecule has 1 aromatic heterocycles. The first-order valence-corrected chi connectivity index (χ1v) is 7.34. The Morgan fingerprint density at radius 2 is 1.78 bits per heavy atom. The number of aromatic nitrogens is 2. The minimum absolute atomic E-state index is 0.0611. The van der Waals surface area contributed by atoms with Gasteiger partial charge in [0, 0.05) is 6.54 Å². The van der Waals surface area contributed by atoms with Crippen molar-refractivity contribution in [1.82, 2.24) is 9.78 Å². The Bertz CT molecular complexity index is 863. The highest BCUT2D eigenvalue weighted by Crippen LogP contribution is 2.17. The van der Waals surface area contributed by atoms with Crippen LogP contribution in [0, 0.1) is 5.82 Å². The predicted octanol–water partition coefficient (Wildman–Crippen LogP) is 3.64. The van der Waals surface area contributed by atoms with Crippen LogP contribution in [0.25, 0.3) is 5.69 Å². The Morgan fingerprint density at radius 1 is 1.09 bits per heavy atom. The normalized spacial score (nSPS) is 10.5. The largest absolute Gasteiger partial charge is 0.378 e. The summed E-state index contributed by atoms with van der Waals surface area (Å²) in [6.07, 6.45) is 1.50. The molecule has 3 aromatic rings. The molecule has 1 N–H and O–H groups in total. The molecule has 2 aromatic carbocycles. The monoisotopic (exact) mass is 329 g/mol. The van der Waals surface area contributed by atoms with E-state index in [4.69, 9.17) is 11.6 Å². The van der Waals surface area contributed by atoms with Gasteiger partial charge < -0.3 is 5.32 Å². The number of hydrogen-bond acceptors (Lipinski definition) is 3. The van der Waals surface area contributed by atoms with Crippen molar-refractivity contribution in [2.45, 2.75) is 6.54 Å². The lowest BCUT2D eigenvalue weighted by molar-refractivity contribution is 0.627. The molecule has 0 aliphatic heterocycles. The van der Waals surface area contributed by atoms with E-state index in [0.29, 0.717) is 17.9 Å². The molecule has 0 atom stereocenters. The average Bonchev–Trinajstić information content (AvgIpc) is 2.58. The maximum Gasteiger partial charge on any atom is 0.292 e. The lowest BCUT2D eigenvalue weighted by atomic mass is 10.2. The van der Waals surface area contributed by atoms with Gasteiger partial charge in [0.25, 0.3) is 5.56 Å². The molecule has 0 unspecified atom stereocenters. The molecule has 0 aliphatic rings. The summed E-state index contributed by atoms with van der Waals surface area (Å²) in [6.45, 7) is 0.413.